The molecule has 7 aromatic rings. The Kier molecular flexibility index (Phi) is 7.51. The number of aryl methyl sites for hydroxylation is 2. The smallest absolute Gasteiger partial charge is 0.0907 e. The fraction of sp³-hybridized carbons (Fsp3) is 0.174. The van der Waals surface area contributed by atoms with E-state index in [0.29, 0.717) is 0 Å². The Bertz CT molecular complexity index is 2810. The van der Waals surface area contributed by atoms with Crippen LogP contribution in [-0.4, -0.2) is 29.9 Å². The summed E-state index contributed by atoms with van der Waals surface area (Å²) in [6.45, 7) is 13.3. The summed E-state index contributed by atoms with van der Waals surface area (Å²) in [4.78, 5) is 25.7. The molecule has 4 N–H and O–H groups in total. The summed E-state index contributed by atoms with van der Waals surface area (Å²) >= 11 is 0. The summed E-state index contributed by atoms with van der Waals surface area (Å²) in [7, 11) is 0. The molecule has 0 saturated carbocycles. The first-order valence-electron chi connectivity index (χ1n) is 18.2. The van der Waals surface area contributed by atoms with Gasteiger partial charge in [-0.3, -0.25) is 4.98 Å². The highest BCUT2D eigenvalue weighted by molar-refractivity contribution is 5.99. The van der Waals surface area contributed by atoms with E-state index in [-0.39, 0.29) is 11.8 Å². The fourth-order valence-corrected chi connectivity index (χ4v) is 7.90. The van der Waals surface area contributed by atoms with Crippen molar-refractivity contribution in [2.24, 2.45) is 0 Å². The van der Waals surface area contributed by atoms with Gasteiger partial charge in [-0.15, -0.1) is 0 Å². The largest absolute Gasteiger partial charge is 0.355 e. The normalized spacial score (nSPS) is 15.8. The minimum atomic E-state index is 0.257. The SMILES string of the molecule is CC1=C(C)c2nc1cc1ccc([nH]1)c(-c1ccccc1)c1ccc([nH]1)c(-c1ccccc1)c1ccc(cc3nc(c4[nH]c2c(C)c4C)C(C)C3C)[nH]1. The zero-order chi connectivity index (χ0) is 35.7. The van der Waals surface area contributed by atoms with Gasteiger partial charge in [-0.25, -0.2) is 4.98 Å². The molecule has 2 aliphatic rings. The Hall–Kier alpha value is -6.14. The van der Waals surface area contributed by atoms with Crippen molar-refractivity contribution in [1.29, 1.82) is 0 Å². The lowest BCUT2D eigenvalue weighted by Gasteiger charge is -2.09. The zero-order valence-electron chi connectivity index (χ0n) is 30.4. The van der Waals surface area contributed by atoms with Gasteiger partial charge in [-0.2, -0.15) is 0 Å². The van der Waals surface area contributed by atoms with Gasteiger partial charge < -0.3 is 19.9 Å². The van der Waals surface area contributed by atoms with Crippen molar-refractivity contribution in [3.8, 4) is 22.3 Å². The molecule has 2 unspecified atom stereocenters. The van der Waals surface area contributed by atoms with Crippen LogP contribution < -0.4 is 0 Å². The standard InChI is InChI=1S/C46H42N6/c1-25-27(3)43-45-29(5)30(6)46(52-45)44-28(4)26(2)40(51-44)24-34-18-20-36(48-34)42(32-15-11-8-12-16-32)38-22-21-37(49-38)41(31-13-9-7-10-14-31)35-19-17-33(47-35)23-39(25)50-43/h7-25,27,47-49,52H,1-6H3. The Balaban J connectivity index is 1.43. The number of allylic oxidation sites excluding steroid dienone is 2. The predicted octanol–water partition coefficient (Wildman–Crippen LogP) is 12.2. The fourth-order valence-electron chi connectivity index (χ4n) is 7.90. The lowest BCUT2D eigenvalue weighted by molar-refractivity contribution is 0.657. The summed E-state index contributed by atoms with van der Waals surface area (Å²) in [5, 5.41) is 0. The Morgan fingerprint density at radius 2 is 1.00 bits per heavy atom. The number of fused-ring (bicyclic) bond motifs is 14. The number of hydrogen-bond donors (Lipinski definition) is 4. The third-order valence-electron chi connectivity index (χ3n) is 11.4. The number of rotatable bonds is 2. The molecular formula is C46H42N6. The number of aromatic amines is 4. The molecule has 2 atom stereocenters. The van der Waals surface area contributed by atoms with Crippen LogP contribution in [0.5, 0.6) is 0 Å². The van der Waals surface area contributed by atoms with Gasteiger partial charge in [0.15, 0.2) is 0 Å². The molecule has 2 aliphatic heterocycles. The molecule has 0 amide bonds. The number of benzene rings is 2. The molecule has 6 nitrogen and oxygen atoms in total. The molecule has 0 spiro atoms. The lowest BCUT2D eigenvalue weighted by Crippen LogP contribution is -1.97. The van der Waals surface area contributed by atoms with E-state index in [2.05, 4.69) is 171 Å². The van der Waals surface area contributed by atoms with Crippen molar-refractivity contribution >= 4 is 55.3 Å². The number of H-pyrrole nitrogens is 4. The molecule has 6 heteroatoms. The first kappa shape index (κ1) is 31.8. The van der Waals surface area contributed by atoms with Gasteiger partial charge in [0, 0.05) is 61.8 Å². The van der Waals surface area contributed by atoms with Gasteiger partial charge in [0.1, 0.15) is 0 Å². The molecule has 0 radical (unpaired) electrons. The summed E-state index contributed by atoms with van der Waals surface area (Å²) in [5.41, 5.74) is 21.8. The molecule has 0 fully saturated rings. The predicted molar refractivity (Wildman–Crippen MR) is 218 cm³/mol. The van der Waals surface area contributed by atoms with Crippen LogP contribution in [0.1, 0.15) is 73.4 Å². The van der Waals surface area contributed by atoms with Gasteiger partial charge in [-0.05, 0) is 110 Å². The van der Waals surface area contributed by atoms with Crippen LogP contribution in [0.15, 0.2) is 109 Å². The lowest BCUT2D eigenvalue weighted by atomic mass is 9.92. The van der Waals surface area contributed by atoms with Crippen LogP contribution in [0.25, 0.3) is 77.5 Å². The highest BCUT2D eigenvalue weighted by Crippen LogP contribution is 2.41. The second kappa shape index (κ2) is 12.3. The average Bonchev–Trinajstić information content (AvgIpc) is 4.03. The molecular weight excluding hydrogens is 637 g/mol. The van der Waals surface area contributed by atoms with Gasteiger partial charge in [0.05, 0.1) is 28.1 Å². The van der Waals surface area contributed by atoms with Gasteiger partial charge in [0.25, 0.3) is 0 Å². The molecule has 7 heterocycles. The van der Waals surface area contributed by atoms with E-state index in [1.165, 1.54) is 22.3 Å². The highest BCUT2D eigenvalue weighted by Gasteiger charge is 2.28. The van der Waals surface area contributed by atoms with E-state index in [0.717, 1.165) is 89.2 Å². The van der Waals surface area contributed by atoms with Crippen LogP contribution >= 0.6 is 0 Å². The van der Waals surface area contributed by atoms with Crippen LogP contribution in [-0.2, 0) is 0 Å². The number of nitrogens with one attached hydrogen (secondary N) is 4. The maximum Gasteiger partial charge on any atom is 0.0907 e. The van der Waals surface area contributed by atoms with Crippen molar-refractivity contribution in [3.05, 3.63) is 143 Å². The molecule has 0 saturated heterocycles. The Morgan fingerprint density at radius 3 is 1.60 bits per heavy atom. The number of aromatic nitrogens is 6. The molecule has 12 bridgehead atoms. The highest BCUT2D eigenvalue weighted by atomic mass is 14.9. The van der Waals surface area contributed by atoms with Crippen molar-refractivity contribution in [2.75, 3.05) is 0 Å². The average molecular weight is 679 g/mol. The topological polar surface area (TPSA) is 88.9 Å². The monoisotopic (exact) mass is 678 g/mol. The molecule has 9 rings (SSSR count). The van der Waals surface area contributed by atoms with Crippen molar-refractivity contribution < 1.29 is 0 Å². The second-order valence-corrected chi connectivity index (χ2v) is 14.4. The Morgan fingerprint density at radius 1 is 0.481 bits per heavy atom. The molecule has 2 aromatic carbocycles. The van der Waals surface area contributed by atoms with Crippen molar-refractivity contribution in [3.63, 3.8) is 0 Å². The summed E-state index contributed by atoms with van der Waals surface area (Å²) in [5.74, 6) is 0.519. The van der Waals surface area contributed by atoms with Crippen molar-refractivity contribution in [2.45, 2.75) is 53.4 Å². The van der Waals surface area contributed by atoms with Crippen LogP contribution in [0.3, 0.4) is 0 Å². The van der Waals surface area contributed by atoms with E-state index in [1.54, 1.807) is 0 Å². The van der Waals surface area contributed by atoms with Gasteiger partial charge >= 0.3 is 0 Å². The van der Waals surface area contributed by atoms with E-state index in [1.807, 2.05) is 0 Å². The third-order valence-corrected chi connectivity index (χ3v) is 11.4. The molecule has 0 aliphatic carbocycles. The first-order valence-corrected chi connectivity index (χ1v) is 18.2. The van der Waals surface area contributed by atoms with E-state index >= 15 is 0 Å². The number of nitrogens with zero attached hydrogens (tertiary/aromatic N) is 2. The minimum absolute atomic E-state index is 0.257. The molecule has 52 heavy (non-hydrogen) atoms. The Labute approximate surface area is 303 Å². The van der Waals surface area contributed by atoms with E-state index in [9.17, 15) is 0 Å². The third kappa shape index (κ3) is 5.17. The van der Waals surface area contributed by atoms with Crippen molar-refractivity contribution in [1.82, 2.24) is 29.9 Å². The summed E-state index contributed by atoms with van der Waals surface area (Å²) in [6.07, 6.45) is 0. The number of hydrogen-bond acceptors (Lipinski definition) is 2. The molecule has 256 valence electrons. The zero-order valence-corrected chi connectivity index (χ0v) is 30.4. The van der Waals surface area contributed by atoms with Crippen LogP contribution in [0.4, 0.5) is 0 Å². The minimum Gasteiger partial charge on any atom is -0.355 e. The van der Waals surface area contributed by atoms with Crippen LogP contribution in [0, 0.1) is 13.8 Å². The maximum absolute atomic E-state index is 5.32. The second-order valence-electron chi connectivity index (χ2n) is 14.4. The quantitative estimate of drug-likeness (QED) is 0.147. The summed E-state index contributed by atoms with van der Waals surface area (Å²) < 4.78 is 0. The van der Waals surface area contributed by atoms with Gasteiger partial charge in [-0.1, -0.05) is 74.5 Å². The van der Waals surface area contributed by atoms with Crippen LogP contribution in [0.2, 0.25) is 0 Å². The van der Waals surface area contributed by atoms with Gasteiger partial charge in [0.2, 0.25) is 0 Å². The molecule has 5 aromatic heterocycles. The van der Waals surface area contributed by atoms with E-state index < -0.39 is 0 Å². The summed E-state index contributed by atoms with van der Waals surface area (Å²) in [6, 6.07) is 38.6. The first-order chi connectivity index (χ1) is 25.2. The van der Waals surface area contributed by atoms with E-state index in [4.69, 9.17) is 9.97 Å². The maximum atomic E-state index is 5.32.